The molecule has 0 spiro atoms. The van der Waals surface area contributed by atoms with Gasteiger partial charge in [-0.15, -0.1) is 0 Å². The molecule has 0 aliphatic carbocycles. The van der Waals surface area contributed by atoms with E-state index in [-0.39, 0.29) is 18.5 Å². The number of esters is 1. The second kappa shape index (κ2) is 6.86. The molecule has 18 heavy (non-hydrogen) atoms. The molecule has 0 saturated carbocycles. The smallest absolute Gasteiger partial charge is 0.310 e. The molecule has 1 atom stereocenters. The highest BCUT2D eigenvalue weighted by atomic mass is 16.7. The first-order chi connectivity index (χ1) is 8.60. The first-order valence-corrected chi connectivity index (χ1v) is 5.80. The number of carbonyl (C=O) groups excluding carboxylic acids is 1. The monoisotopic (exact) mass is 253 g/mol. The third kappa shape index (κ3) is 3.92. The van der Waals surface area contributed by atoms with Gasteiger partial charge in [0.2, 0.25) is 0 Å². The maximum Gasteiger partial charge on any atom is 0.310 e. The highest BCUT2D eigenvalue weighted by Crippen LogP contribution is 2.21. The molecule has 1 unspecified atom stereocenters. The molecule has 1 aromatic rings. The lowest BCUT2D eigenvalue weighted by atomic mass is 10.2. The Morgan fingerprint density at radius 2 is 2.39 bits per heavy atom. The summed E-state index contributed by atoms with van der Waals surface area (Å²) in [5, 5.41) is 1.62. The van der Waals surface area contributed by atoms with Crippen LogP contribution in [0.2, 0.25) is 0 Å². The summed E-state index contributed by atoms with van der Waals surface area (Å²) >= 11 is 0. The maximum atomic E-state index is 11.1. The number of ether oxygens (including phenoxy) is 1. The zero-order chi connectivity index (χ0) is 13.5. The molecule has 1 rings (SSSR count). The van der Waals surface area contributed by atoms with Crippen molar-refractivity contribution in [3.05, 3.63) is 36.4 Å². The van der Waals surface area contributed by atoms with Crippen LogP contribution in [0, 0.1) is 0 Å². The van der Waals surface area contributed by atoms with Crippen molar-refractivity contribution >= 4 is 5.97 Å². The van der Waals surface area contributed by atoms with Gasteiger partial charge in [-0.1, -0.05) is 6.58 Å². The van der Waals surface area contributed by atoms with E-state index in [1.165, 1.54) is 13.4 Å². The van der Waals surface area contributed by atoms with E-state index in [1.807, 2.05) is 13.8 Å². The highest BCUT2D eigenvalue weighted by molar-refractivity contribution is 5.72. The van der Waals surface area contributed by atoms with Crippen molar-refractivity contribution in [2.75, 3.05) is 13.7 Å². The fourth-order valence-corrected chi connectivity index (χ4v) is 1.44. The van der Waals surface area contributed by atoms with E-state index >= 15 is 0 Å². The van der Waals surface area contributed by atoms with Crippen molar-refractivity contribution in [2.24, 2.45) is 0 Å². The summed E-state index contributed by atoms with van der Waals surface area (Å²) in [6.07, 6.45) is 3.10. The summed E-state index contributed by atoms with van der Waals surface area (Å²) in [6, 6.07) is 1.79. The Labute approximate surface area is 107 Å². The topological polar surface area (TPSA) is 51.9 Å². The third-order valence-corrected chi connectivity index (χ3v) is 2.46. The second-order valence-corrected chi connectivity index (χ2v) is 3.77. The van der Waals surface area contributed by atoms with Crippen LogP contribution in [0.5, 0.6) is 0 Å². The number of nitrogens with zero attached hydrogens (tertiary/aromatic N) is 1. The zero-order valence-electron chi connectivity index (χ0n) is 11.0. The van der Waals surface area contributed by atoms with E-state index in [1.54, 1.807) is 17.3 Å². The normalized spacial score (nSPS) is 11.9. The lowest BCUT2D eigenvalue weighted by Crippen LogP contribution is -2.18. The Balaban J connectivity index is 2.61. The SMILES string of the molecule is C=CN(CC)OC(C)c1cc(CC(=O)OC)co1. The summed E-state index contributed by atoms with van der Waals surface area (Å²) in [7, 11) is 1.36. The molecule has 5 nitrogen and oxygen atoms in total. The summed E-state index contributed by atoms with van der Waals surface area (Å²) < 4.78 is 9.96. The summed E-state index contributed by atoms with van der Waals surface area (Å²) in [5.41, 5.74) is 0.772. The molecule has 0 bridgehead atoms. The zero-order valence-corrected chi connectivity index (χ0v) is 11.0. The standard InChI is InChI=1S/C13H19NO4/c1-5-14(6-2)18-10(3)12-7-11(9-17-12)8-13(15)16-4/h5,7,9-10H,1,6,8H2,2-4H3. The van der Waals surface area contributed by atoms with Gasteiger partial charge in [0, 0.05) is 18.3 Å². The average molecular weight is 253 g/mol. The molecule has 100 valence electrons. The molecule has 5 heteroatoms. The van der Waals surface area contributed by atoms with Gasteiger partial charge >= 0.3 is 5.97 Å². The molecular weight excluding hydrogens is 234 g/mol. The molecule has 1 aromatic heterocycles. The van der Waals surface area contributed by atoms with Gasteiger partial charge in [0.25, 0.3) is 0 Å². The van der Waals surface area contributed by atoms with Crippen LogP contribution in [-0.4, -0.2) is 24.7 Å². The minimum Gasteiger partial charge on any atom is -0.469 e. The molecule has 0 fully saturated rings. The van der Waals surface area contributed by atoms with E-state index in [0.717, 1.165) is 5.56 Å². The summed E-state index contributed by atoms with van der Waals surface area (Å²) in [6.45, 7) is 8.17. The fourth-order valence-electron chi connectivity index (χ4n) is 1.44. The number of carbonyl (C=O) groups is 1. The van der Waals surface area contributed by atoms with Crippen molar-refractivity contribution in [3.8, 4) is 0 Å². The molecule has 0 aliphatic rings. The van der Waals surface area contributed by atoms with Crippen LogP contribution in [0.3, 0.4) is 0 Å². The van der Waals surface area contributed by atoms with Gasteiger partial charge in [-0.25, -0.2) is 0 Å². The lowest BCUT2D eigenvalue weighted by molar-refractivity contribution is -0.163. The van der Waals surface area contributed by atoms with Gasteiger partial charge < -0.3 is 9.15 Å². The Morgan fingerprint density at radius 1 is 1.67 bits per heavy atom. The molecule has 0 aromatic carbocycles. The van der Waals surface area contributed by atoms with E-state index in [2.05, 4.69) is 11.3 Å². The Kier molecular flexibility index (Phi) is 5.45. The van der Waals surface area contributed by atoms with Crippen LogP contribution in [0.15, 0.2) is 29.5 Å². The van der Waals surface area contributed by atoms with Gasteiger partial charge in [0.05, 0.1) is 19.8 Å². The minimum atomic E-state index is -0.294. The van der Waals surface area contributed by atoms with Gasteiger partial charge in [-0.3, -0.25) is 14.7 Å². The van der Waals surface area contributed by atoms with E-state index in [4.69, 9.17) is 9.25 Å². The summed E-state index contributed by atoms with van der Waals surface area (Å²) in [4.78, 5) is 16.7. The average Bonchev–Trinajstić information content (AvgIpc) is 2.84. The molecule has 0 radical (unpaired) electrons. The number of hydroxylamine groups is 2. The molecular formula is C13H19NO4. The van der Waals surface area contributed by atoms with Crippen LogP contribution in [0.4, 0.5) is 0 Å². The van der Waals surface area contributed by atoms with Crippen LogP contribution in [0.1, 0.15) is 31.3 Å². The highest BCUT2D eigenvalue weighted by Gasteiger charge is 2.15. The first kappa shape index (κ1) is 14.3. The van der Waals surface area contributed by atoms with Crippen LogP contribution < -0.4 is 0 Å². The number of hydrogen-bond donors (Lipinski definition) is 0. The molecule has 0 N–H and O–H groups in total. The van der Waals surface area contributed by atoms with Crippen molar-refractivity contribution in [1.82, 2.24) is 5.06 Å². The Hall–Kier alpha value is -1.75. The van der Waals surface area contributed by atoms with E-state index < -0.39 is 0 Å². The van der Waals surface area contributed by atoms with Crippen molar-refractivity contribution in [2.45, 2.75) is 26.4 Å². The van der Waals surface area contributed by atoms with Gasteiger partial charge in [0.15, 0.2) is 0 Å². The van der Waals surface area contributed by atoms with Crippen molar-refractivity contribution in [3.63, 3.8) is 0 Å². The molecule has 0 saturated heterocycles. The number of furan rings is 1. The van der Waals surface area contributed by atoms with Crippen molar-refractivity contribution in [1.29, 1.82) is 0 Å². The number of hydrogen-bond acceptors (Lipinski definition) is 5. The van der Waals surface area contributed by atoms with Crippen LogP contribution >= 0.6 is 0 Å². The predicted octanol–water partition coefficient (Wildman–Crippen LogP) is 2.45. The van der Waals surface area contributed by atoms with Crippen LogP contribution in [-0.2, 0) is 20.8 Å². The van der Waals surface area contributed by atoms with Gasteiger partial charge in [-0.2, -0.15) is 0 Å². The minimum absolute atomic E-state index is 0.200. The molecule has 1 heterocycles. The largest absolute Gasteiger partial charge is 0.469 e. The second-order valence-electron chi connectivity index (χ2n) is 3.77. The van der Waals surface area contributed by atoms with Crippen molar-refractivity contribution < 1.29 is 18.8 Å². The lowest BCUT2D eigenvalue weighted by Gasteiger charge is -2.20. The van der Waals surface area contributed by atoms with Gasteiger partial charge in [-0.05, 0) is 19.9 Å². The fraction of sp³-hybridized carbons (Fsp3) is 0.462. The van der Waals surface area contributed by atoms with Crippen LogP contribution in [0.25, 0.3) is 0 Å². The van der Waals surface area contributed by atoms with E-state index in [9.17, 15) is 4.79 Å². The Bertz CT molecular complexity index is 399. The predicted molar refractivity (Wildman–Crippen MR) is 66.5 cm³/mol. The van der Waals surface area contributed by atoms with Gasteiger partial charge in [0.1, 0.15) is 11.9 Å². The molecule has 0 amide bonds. The quantitative estimate of drug-likeness (QED) is 0.552. The number of rotatable bonds is 7. The number of methoxy groups -OCH3 is 1. The third-order valence-electron chi connectivity index (χ3n) is 2.46. The van der Waals surface area contributed by atoms with E-state index in [0.29, 0.717) is 12.3 Å². The first-order valence-electron chi connectivity index (χ1n) is 5.80. The Morgan fingerprint density at radius 3 is 2.94 bits per heavy atom. The summed E-state index contributed by atoms with van der Waals surface area (Å²) in [5.74, 6) is 0.367. The maximum absolute atomic E-state index is 11.1. The molecule has 0 aliphatic heterocycles.